The first-order valence-corrected chi connectivity index (χ1v) is 14.5. The van der Waals surface area contributed by atoms with Gasteiger partial charge in [0.2, 0.25) is 0 Å². The van der Waals surface area contributed by atoms with Crippen molar-refractivity contribution in [3.8, 4) is 11.5 Å². The Labute approximate surface area is 217 Å². The van der Waals surface area contributed by atoms with Gasteiger partial charge in [-0.3, -0.25) is 4.55 Å². The minimum Gasteiger partial charge on any atom is -0.457 e. The number of rotatable bonds is 10. The number of thioether (sulfide) groups is 2. The molecule has 36 heavy (non-hydrogen) atoms. The Balaban J connectivity index is 1.80. The molecule has 0 aromatic heterocycles. The molecule has 0 aliphatic carbocycles. The minimum absolute atomic E-state index is 0.192. The molecule has 0 bridgehead atoms. The van der Waals surface area contributed by atoms with Gasteiger partial charge in [0, 0.05) is 38.3 Å². The van der Waals surface area contributed by atoms with Crippen LogP contribution < -0.4 is 4.74 Å². The molecule has 0 saturated heterocycles. The van der Waals surface area contributed by atoms with Crippen molar-refractivity contribution in [2.24, 2.45) is 0 Å². The molecule has 5 N–H and O–H groups in total. The van der Waals surface area contributed by atoms with Crippen LogP contribution >= 0.6 is 23.5 Å². The van der Waals surface area contributed by atoms with E-state index in [0.717, 1.165) is 9.79 Å². The van der Waals surface area contributed by atoms with Crippen molar-refractivity contribution in [1.29, 1.82) is 0 Å². The number of hydrogen-bond donors (Lipinski definition) is 5. The van der Waals surface area contributed by atoms with Gasteiger partial charge in [0.1, 0.15) is 11.5 Å². The van der Waals surface area contributed by atoms with E-state index in [-0.39, 0.29) is 29.6 Å². The monoisotopic (exact) mass is 550 g/mol. The van der Waals surface area contributed by atoms with Gasteiger partial charge in [-0.25, -0.2) is 0 Å². The third-order valence-electron chi connectivity index (χ3n) is 5.63. The van der Waals surface area contributed by atoms with E-state index in [1.54, 1.807) is 30.3 Å². The summed E-state index contributed by atoms with van der Waals surface area (Å²) < 4.78 is 40.6. The Hall–Kier alpha value is -2.09. The predicted molar refractivity (Wildman–Crippen MR) is 138 cm³/mol. The van der Waals surface area contributed by atoms with Crippen LogP contribution in [0, 0.1) is 0 Å². The summed E-state index contributed by atoms with van der Waals surface area (Å²) in [5, 5.41) is 37.6. The highest BCUT2D eigenvalue weighted by Crippen LogP contribution is 2.50. The van der Waals surface area contributed by atoms with Crippen LogP contribution in [0.5, 0.6) is 11.5 Å². The molecule has 11 heteroatoms. The Morgan fingerprint density at radius 2 is 1.28 bits per heavy atom. The van der Waals surface area contributed by atoms with Crippen molar-refractivity contribution in [1.82, 2.24) is 0 Å². The SMILES string of the molecule is O=S(=O)(O)c1ccccc1C1c2ccc(SCC(O)CO)cc2Oc2cc(SCC(O)CO)ccc21. The standard InChI is InChI=1S/C25H26O8S3/c26-11-15(28)13-34-17-5-7-19-22(9-17)33-23-10-18(35-14-16(29)12-27)6-8-20(23)25(19)21-3-1-2-4-24(21)36(30,31)32/h1-10,15-16,25-29H,11-14H2,(H,30,31,32). The van der Waals surface area contributed by atoms with Gasteiger partial charge in [-0.1, -0.05) is 30.3 Å². The Morgan fingerprint density at radius 3 is 1.75 bits per heavy atom. The summed E-state index contributed by atoms with van der Waals surface area (Å²) in [6, 6.07) is 17.2. The van der Waals surface area contributed by atoms with Crippen LogP contribution in [0.4, 0.5) is 0 Å². The van der Waals surface area contributed by atoms with E-state index in [1.807, 2.05) is 24.3 Å². The molecule has 3 aromatic rings. The highest BCUT2D eigenvalue weighted by Gasteiger charge is 2.33. The van der Waals surface area contributed by atoms with Crippen molar-refractivity contribution in [3.63, 3.8) is 0 Å². The van der Waals surface area contributed by atoms with Crippen molar-refractivity contribution >= 4 is 33.6 Å². The number of aliphatic hydroxyl groups is 4. The highest BCUT2D eigenvalue weighted by atomic mass is 32.2. The lowest BCUT2D eigenvalue weighted by Gasteiger charge is -2.30. The first-order valence-electron chi connectivity index (χ1n) is 11.1. The molecule has 3 aromatic carbocycles. The summed E-state index contributed by atoms with van der Waals surface area (Å²) in [5.74, 6) is 1.02. The smallest absolute Gasteiger partial charge is 0.294 e. The van der Waals surface area contributed by atoms with Gasteiger partial charge in [0.15, 0.2) is 0 Å². The van der Waals surface area contributed by atoms with Crippen molar-refractivity contribution in [2.45, 2.75) is 32.8 Å². The van der Waals surface area contributed by atoms with E-state index < -0.39 is 28.2 Å². The molecule has 192 valence electrons. The summed E-state index contributed by atoms with van der Waals surface area (Å²) in [6.45, 7) is -0.691. The molecular weight excluding hydrogens is 524 g/mol. The maximum absolute atomic E-state index is 12.2. The molecule has 0 fully saturated rings. The van der Waals surface area contributed by atoms with Gasteiger partial charge in [0.05, 0.1) is 30.3 Å². The summed E-state index contributed by atoms with van der Waals surface area (Å²) in [7, 11) is -4.50. The van der Waals surface area contributed by atoms with Crippen LogP contribution in [0.1, 0.15) is 22.6 Å². The summed E-state index contributed by atoms with van der Waals surface area (Å²) >= 11 is 2.69. The maximum Gasteiger partial charge on any atom is 0.294 e. The zero-order valence-electron chi connectivity index (χ0n) is 19.0. The van der Waals surface area contributed by atoms with Gasteiger partial charge in [-0.15, -0.1) is 23.5 Å². The van der Waals surface area contributed by atoms with E-state index in [1.165, 1.54) is 29.6 Å². The lowest BCUT2D eigenvalue weighted by molar-refractivity contribution is 0.113. The molecule has 8 nitrogen and oxygen atoms in total. The minimum atomic E-state index is -4.50. The zero-order valence-corrected chi connectivity index (χ0v) is 21.5. The third kappa shape index (κ3) is 6.06. The van der Waals surface area contributed by atoms with Gasteiger partial charge < -0.3 is 25.2 Å². The van der Waals surface area contributed by atoms with Gasteiger partial charge in [-0.05, 0) is 35.9 Å². The average Bonchev–Trinajstić information content (AvgIpc) is 2.88. The second kappa shape index (κ2) is 11.5. The quantitative estimate of drug-likeness (QED) is 0.148. The van der Waals surface area contributed by atoms with Crippen LogP contribution in [-0.2, 0) is 10.1 Å². The van der Waals surface area contributed by atoms with Crippen LogP contribution in [-0.4, -0.2) is 70.3 Å². The van der Waals surface area contributed by atoms with E-state index in [9.17, 15) is 23.2 Å². The molecule has 4 rings (SSSR count). The first-order chi connectivity index (χ1) is 17.2. The topological polar surface area (TPSA) is 145 Å². The molecule has 0 saturated carbocycles. The van der Waals surface area contributed by atoms with Crippen molar-refractivity contribution in [3.05, 3.63) is 77.4 Å². The Kier molecular flexibility index (Phi) is 8.63. The lowest BCUT2D eigenvalue weighted by Crippen LogP contribution is -2.16. The highest BCUT2D eigenvalue weighted by molar-refractivity contribution is 7.99. The fourth-order valence-electron chi connectivity index (χ4n) is 3.93. The number of hydrogen-bond acceptors (Lipinski definition) is 9. The van der Waals surface area contributed by atoms with Crippen LogP contribution in [0.3, 0.4) is 0 Å². The lowest BCUT2D eigenvalue weighted by atomic mass is 9.82. The normalized spacial score (nSPS) is 16.5. The molecule has 1 aliphatic heterocycles. The number of fused-ring (bicyclic) bond motifs is 2. The van der Waals surface area contributed by atoms with Gasteiger partial charge >= 0.3 is 0 Å². The molecular formula is C25H26O8S3. The van der Waals surface area contributed by atoms with Crippen LogP contribution in [0.15, 0.2) is 75.4 Å². The largest absolute Gasteiger partial charge is 0.457 e. The molecule has 2 unspecified atom stereocenters. The van der Waals surface area contributed by atoms with E-state index in [4.69, 9.17) is 14.9 Å². The Morgan fingerprint density at radius 1 is 0.778 bits per heavy atom. The molecule has 1 heterocycles. The average molecular weight is 551 g/mol. The van der Waals surface area contributed by atoms with E-state index >= 15 is 0 Å². The number of benzene rings is 3. The molecule has 2 atom stereocenters. The second-order valence-electron chi connectivity index (χ2n) is 8.24. The predicted octanol–water partition coefficient (Wildman–Crippen LogP) is 3.11. The first kappa shape index (κ1) is 27.0. The van der Waals surface area contributed by atoms with Crippen LogP contribution in [0.2, 0.25) is 0 Å². The number of ether oxygens (including phenoxy) is 1. The Bertz CT molecular complexity index is 1270. The van der Waals surface area contributed by atoms with Gasteiger partial charge in [0.25, 0.3) is 10.1 Å². The second-order valence-corrected chi connectivity index (χ2v) is 11.8. The van der Waals surface area contributed by atoms with Crippen LogP contribution in [0.25, 0.3) is 0 Å². The maximum atomic E-state index is 12.2. The zero-order chi connectivity index (χ0) is 25.9. The van der Waals surface area contributed by atoms with E-state index in [2.05, 4.69) is 0 Å². The molecule has 0 amide bonds. The number of aliphatic hydroxyl groups excluding tert-OH is 4. The fourth-order valence-corrected chi connectivity index (χ4v) is 6.35. The molecule has 0 spiro atoms. The van der Waals surface area contributed by atoms with Crippen molar-refractivity contribution in [2.75, 3.05) is 24.7 Å². The van der Waals surface area contributed by atoms with E-state index in [0.29, 0.717) is 28.2 Å². The fraction of sp³-hybridized carbons (Fsp3) is 0.280. The molecule has 0 radical (unpaired) electrons. The molecule has 1 aliphatic rings. The van der Waals surface area contributed by atoms with Gasteiger partial charge in [-0.2, -0.15) is 8.42 Å². The van der Waals surface area contributed by atoms with Crippen molar-refractivity contribution < 1.29 is 38.1 Å². The third-order valence-corrected chi connectivity index (χ3v) is 8.83. The summed E-state index contributed by atoms with van der Waals surface area (Å²) in [5.41, 5.74) is 1.82. The summed E-state index contributed by atoms with van der Waals surface area (Å²) in [4.78, 5) is 1.40. The summed E-state index contributed by atoms with van der Waals surface area (Å²) in [6.07, 6.45) is -1.73.